The second-order valence-corrected chi connectivity index (χ2v) is 3.00. The fourth-order valence-electron chi connectivity index (χ4n) is 1.24. The lowest BCUT2D eigenvalue weighted by Gasteiger charge is -2.07. The number of nitrogens with zero attached hydrogens (tertiary/aromatic N) is 2. The molecule has 0 unspecified atom stereocenters. The van der Waals surface area contributed by atoms with Gasteiger partial charge >= 0.3 is 18.2 Å². The highest BCUT2D eigenvalue weighted by atomic mass is 19.3. The van der Waals surface area contributed by atoms with Crippen LogP contribution in [0.15, 0.2) is 6.07 Å². The van der Waals surface area contributed by atoms with Crippen LogP contribution in [-0.4, -0.2) is 30.1 Å². The first-order chi connectivity index (χ1) is 8.42. The van der Waals surface area contributed by atoms with Gasteiger partial charge < -0.3 is 19.6 Å². The van der Waals surface area contributed by atoms with E-state index in [0.717, 1.165) is 14.2 Å². The van der Waals surface area contributed by atoms with E-state index in [1.165, 1.54) is 0 Å². The third kappa shape index (κ3) is 2.50. The molecule has 0 saturated carbocycles. The third-order valence-electron chi connectivity index (χ3n) is 1.98. The van der Waals surface area contributed by atoms with Crippen molar-refractivity contribution in [1.82, 2.24) is 4.98 Å². The Morgan fingerprint density at radius 1 is 1.50 bits per heavy atom. The number of ether oxygens (including phenoxy) is 2. The molecule has 0 amide bonds. The molecule has 0 bridgehead atoms. The summed E-state index contributed by atoms with van der Waals surface area (Å²) in [7, 11) is 2.06. The predicted molar refractivity (Wildman–Crippen MR) is 53.7 cm³/mol. The van der Waals surface area contributed by atoms with Crippen molar-refractivity contribution < 1.29 is 28.0 Å². The van der Waals surface area contributed by atoms with E-state index in [0.29, 0.717) is 6.07 Å². The van der Waals surface area contributed by atoms with Crippen molar-refractivity contribution in [3.63, 3.8) is 0 Å². The average molecular weight is 262 g/mol. The standard InChI is InChI=1S/C9H8F2N2O5/c1-17-6-4(9(14)18-2)3-5(7(10)11)12-8(6)13(15)16/h3,7H,1-2H3. The van der Waals surface area contributed by atoms with Crippen LogP contribution in [0.4, 0.5) is 14.6 Å². The van der Waals surface area contributed by atoms with Gasteiger partial charge in [0, 0.05) is 6.07 Å². The van der Waals surface area contributed by atoms with Crippen LogP contribution in [-0.2, 0) is 4.74 Å². The number of alkyl halides is 2. The molecule has 18 heavy (non-hydrogen) atoms. The molecule has 9 heteroatoms. The fourth-order valence-corrected chi connectivity index (χ4v) is 1.24. The van der Waals surface area contributed by atoms with Gasteiger partial charge in [0.1, 0.15) is 5.56 Å². The molecule has 0 N–H and O–H groups in total. The van der Waals surface area contributed by atoms with E-state index in [2.05, 4.69) is 14.5 Å². The summed E-state index contributed by atoms with van der Waals surface area (Å²) >= 11 is 0. The Morgan fingerprint density at radius 2 is 2.11 bits per heavy atom. The summed E-state index contributed by atoms with van der Waals surface area (Å²) in [6, 6.07) is 0.697. The van der Waals surface area contributed by atoms with E-state index < -0.39 is 40.1 Å². The number of halogens is 2. The van der Waals surface area contributed by atoms with Crippen molar-refractivity contribution in [3.05, 3.63) is 27.4 Å². The highest BCUT2D eigenvalue weighted by molar-refractivity contribution is 5.93. The Hall–Kier alpha value is -2.32. The number of esters is 1. The quantitative estimate of drug-likeness (QED) is 0.466. The number of carbonyl (C=O) groups excluding carboxylic acids is 1. The summed E-state index contributed by atoms with van der Waals surface area (Å²) in [5.74, 6) is -2.51. The number of hydrogen-bond donors (Lipinski definition) is 0. The Kier molecular flexibility index (Phi) is 4.08. The van der Waals surface area contributed by atoms with Crippen LogP contribution < -0.4 is 4.74 Å². The topological polar surface area (TPSA) is 91.6 Å². The molecule has 0 aromatic carbocycles. The van der Waals surface area contributed by atoms with Crippen LogP contribution in [0.3, 0.4) is 0 Å². The van der Waals surface area contributed by atoms with Crippen LogP contribution in [0.25, 0.3) is 0 Å². The monoisotopic (exact) mass is 262 g/mol. The van der Waals surface area contributed by atoms with E-state index in [1.54, 1.807) is 0 Å². The van der Waals surface area contributed by atoms with E-state index in [9.17, 15) is 23.7 Å². The van der Waals surface area contributed by atoms with E-state index in [-0.39, 0.29) is 0 Å². The highest BCUT2D eigenvalue weighted by Gasteiger charge is 2.30. The molecule has 0 spiro atoms. The van der Waals surface area contributed by atoms with Gasteiger partial charge in [-0.15, -0.1) is 0 Å². The Morgan fingerprint density at radius 3 is 2.50 bits per heavy atom. The number of methoxy groups -OCH3 is 2. The van der Waals surface area contributed by atoms with Gasteiger partial charge in [-0.25, -0.2) is 13.6 Å². The molecular formula is C9H8F2N2O5. The summed E-state index contributed by atoms with van der Waals surface area (Å²) in [6.07, 6.45) is -3.06. The second kappa shape index (κ2) is 5.34. The van der Waals surface area contributed by atoms with Crippen molar-refractivity contribution in [1.29, 1.82) is 0 Å². The summed E-state index contributed by atoms with van der Waals surface area (Å²) in [6.45, 7) is 0. The first-order valence-corrected chi connectivity index (χ1v) is 4.52. The van der Waals surface area contributed by atoms with Gasteiger partial charge in [-0.05, 0) is 9.91 Å². The minimum atomic E-state index is -3.06. The van der Waals surface area contributed by atoms with Crippen LogP contribution in [0.1, 0.15) is 22.5 Å². The molecular weight excluding hydrogens is 254 g/mol. The lowest BCUT2D eigenvalue weighted by molar-refractivity contribution is -0.390. The molecule has 0 atom stereocenters. The van der Waals surface area contributed by atoms with Gasteiger partial charge in [0.15, 0.2) is 0 Å². The minimum Gasteiger partial charge on any atom is -0.488 e. The molecule has 0 aliphatic carbocycles. The molecule has 1 aromatic heterocycles. The van der Waals surface area contributed by atoms with E-state index >= 15 is 0 Å². The lowest BCUT2D eigenvalue weighted by atomic mass is 10.2. The Balaban J connectivity index is 3.55. The van der Waals surface area contributed by atoms with Crippen LogP contribution >= 0.6 is 0 Å². The van der Waals surface area contributed by atoms with Gasteiger partial charge in [-0.2, -0.15) is 0 Å². The van der Waals surface area contributed by atoms with Crippen LogP contribution in [0, 0.1) is 10.1 Å². The van der Waals surface area contributed by atoms with Gasteiger partial charge in [0.25, 0.3) is 0 Å². The van der Waals surface area contributed by atoms with Crippen LogP contribution in [0.5, 0.6) is 5.75 Å². The SMILES string of the molecule is COC(=O)c1cc(C(F)F)nc([N+](=O)[O-])c1OC. The summed E-state index contributed by atoms with van der Waals surface area (Å²) < 4.78 is 34.0. The maximum Gasteiger partial charge on any atom is 0.407 e. The van der Waals surface area contributed by atoms with E-state index in [1.807, 2.05) is 0 Å². The molecule has 1 heterocycles. The highest BCUT2D eigenvalue weighted by Crippen LogP contribution is 2.32. The Bertz CT molecular complexity index is 492. The van der Waals surface area contributed by atoms with Crippen molar-refractivity contribution in [2.75, 3.05) is 14.2 Å². The second-order valence-electron chi connectivity index (χ2n) is 3.00. The smallest absolute Gasteiger partial charge is 0.407 e. The van der Waals surface area contributed by atoms with Gasteiger partial charge in [-0.3, -0.25) is 0 Å². The molecule has 1 rings (SSSR count). The predicted octanol–water partition coefficient (Wildman–Crippen LogP) is 1.72. The van der Waals surface area contributed by atoms with Gasteiger partial charge in [-0.1, -0.05) is 0 Å². The molecule has 0 fully saturated rings. The molecule has 1 aromatic rings. The maximum atomic E-state index is 12.5. The van der Waals surface area contributed by atoms with Gasteiger partial charge in [0.2, 0.25) is 11.4 Å². The summed E-state index contributed by atoms with van der Waals surface area (Å²) in [4.78, 5) is 24.2. The Labute approximate surface area is 99.5 Å². The molecule has 0 aliphatic rings. The third-order valence-corrected chi connectivity index (χ3v) is 1.98. The zero-order valence-electron chi connectivity index (χ0n) is 9.35. The molecule has 0 radical (unpaired) electrons. The molecule has 98 valence electrons. The first kappa shape index (κ1) is 13.7. The number of pyridine rings is 1. The summed E-state index contributed by atoms with van der Waals surface area (Å²) in [5.41, 5.74) is -1.38. The molecule has 7 nitrogen and oxygen atoms in total. The minimum absolute atomic E-state index is 0.475. The largest absolute Gasteiger partial charge is 0.488 e. The fraction of sp³-hybridized carbons (Fsp3) is 0.333. The normalized spacial score (nSPS) is 10.3. The van der Waals surface area contributed by atoms with Crippen molar-refractivity contribution in [2.24, 2.45) is 0 Å². The molecule has 0 aliphatic heterocycles. The number of hydrogen-bond acceptors (Lipinski definition) is 6. The maximum absolute atomic E-state index is 12.5. The van der Waals surface area contributed by atoms with Crippen molar-refractivity contribution in [2.45, 2.75) is 6.43 Å². The number of nitro groups is 1. The zero-order valence-corrected chi connectivity index (χ0v) is 9.35. The average Bonchev–Trinajstić information content (AvgIpc) is 2.35. The van der Waals surface area contributed by atoms with Crippen LogP contribution in [0.2, 0.25) is 0 Å². The van der Waals surface area contributed by atoms with E-state index in [4.69, 9.17) is 0 Å². The lowest BCUT2D eigenvalue weighted by Crippen LogP contribution is -2.09. The zero-order chi connectivity index (χ0) is 13.9. The van der Waals surface area contributed by atoms with Crippen molar-refractivity contribution >= 4 is 11.8 Å². The number of carbonyl (C=O) groups is 1. The first-order valence-electron chi connectivity index (χ1n) is 4.52. The van der Waals surface area contributed by atoms with Crippen molar-refractivity contribution in [3.8, 4) is 5.75 Å². The number of aromatic nitrogens is 1. The molecule has 0 saturated heterocycles. The van der Waals surface area contributed by atoms with Gasteiger partial charge in [0.05, 0.1) is 14.2 Å². The number of rotatable bonds is 4. The summed E-state index contributed by atoms with van der Waals surface area (Å²) in [5, 5.41) is 10.7.